The lowest BCUT2D eigenvalue weighted by Gasteiger charge is -2.38. The quantitative estimate of drug-likeness (QED) is 0.661. The van der Waals surface area contributed by atoms with Gasteiger partial charge in [-0.3, -0.25) is 4.90 Å². The zero-order valence-electron chi connectivity index (χ0n) is 17.0. The van der Waals surface area contributed by atoms with Gasteiger partial charge in [-0.2, -0.15) is 0 Å². The van der Waals surface area contributed by atoms with Crippen molar-refractivity contribution in [2.24, 2.45) is 0 Å². The van der Waals surface area contributed by atoms with Crippen LogP contribution in [0.15, 0.2) is 42.0 Å². The monoisotopic (exact) mass is 410 g/mol. The minimum atomic E-state index is 0.601. The molecule has 0 radical (unpaired) electrons. The Morgan fingerprint density at radius 3 is 2.52 bits per heavy atom. The molecule has 3 aromatic rings. The number of piperazine rings is 1. The summed E-state index contributed by atoms with van der Waals surface area (Å²) in [6, 6.07) is 8.51. The number of rotatable bonds is 6. The molecule has 4 rings (SSSR count). The molecule has 4 heterocycles. The summed E-state index contributed by atoms with van der Waals surface area (Å²) < 4.78 is 5.46. The van der Waals surface area contributed by atoms with E-state index in [1.54, 1.807) is 24.6 Å². The van der Waals surface area contributed by atoms with Crippen LogP contribution in [-0.2, 0) is 0 Å². The van der Waals surface area contributed by atoms with E-state index in [9.17, 15) is 0 Å². The van der Waals surface area contributed by atoms with Gasteiger partial charge in [0.15, 0.2) is 11.6 Å². The maximum absolute atomic E-state index is 5.46. The Morgan fingerprint density at radius 2 is 1.90 bits per heavy atom. The number of aromatic nitrogens is 3. The predicted molar refractivity (Wildman–Crippen MR) is 118 cm³/mol. The van der Waals surface area contributed by atoms with Crippen molar-refractivity contribution in [2.45, 2.75) is 19.9 Å². The Kier molecular flexibility index (Phi) is 5.92. The van der Waals surface area contributed by atoms with Crippen molar-refractivity contribution in [3.05, 3.63) is 42.0 Å². The van der Waals surface area contributed by atoms with E-state index in [-0.39, 0.29) is 0 Å². The molecule has 0 spiro atoms. The van der Waals surface area contributed by atoms with Crippen LogP contribution in [0.1, 0.15) is 13.8 Å². The zero-order valence-corrected chi connectivity index (χ0v) is 17.8. The highest BCUT2D eigenvalue weighted by Crippen LogP contribution is 2.30. The van der Waals surface area contributed by atoms with E-state index in [2.05, 4.69) is 50.0 Å². The molecule has 0 saturated carbocycles. The zero-order chi connectivity index (χ0) is 20.2. The third-order valence-electron chi connectivity index (χ3n) is 5.13. The molecule has 0 aliphatic carbocycles. The highest BCUT2D eigenvalue weighted by molar-refractivity contribution is 7.13. The van der Waals surface area contributed by atoms with E-state index < -0.39 is 0 Å². The fourth-order valence-corrected chi connectivity index (χ4v) is 4.04. The Balaban J connectivity index is 1.47. The molecule has 0 unspecified atom stereocenters. The van der Waals surface area contributed by atoms with Gasteiger partial charge in [-0.1, -0.05) is 0 Å². The van der Waals surface area contributed by atoms with Crippen molar-refractivity contribution < 1.29 is 4.74 Å². The van der Waals surface area contributed by atoms with Crippen LogP contribution in [0.2, 0.25) is 0 Å². The molecule has 152 valence electrons. The smallest absolute Gasteiger partial charge is 0.175 e. The van der Waals surface area contributed by atoms with Crippen molar-refractivity contribution in [1.82, 2.24) is 19.9 Å². The summed E-state index contributed by atoms with van der Waals surface area (Å²) in [6.07, 6.45) is 3.70. The maximum atomic E-state index is 5.46. The number of hydrogen-bond acceptors (Lipinski definition) is 8. The minimum Gasteiger partial charge on any atom is -0.493 e. The van der Waals surface area contributed by atoms with Crippen molar-refractivity contribution in [3.63, 3.8) is 0 Å². The minimum absolute atomic E-state index is 0.601. The van der Waals surface area contributed by atoms with Crippen LogP contribution in [0, 0.1) is 0 Å². The first-order chi connectivity index (χ1) is 14.1. The third-order valence-corrected chi connectivity index (χ3v) is 5.93. The van der Waals surface area contributed by atoms with Gasteiger partial charge < -0.3 is 15.0 Å². The lowest BCUT2D eigenvalue weighted by Crippen LogP contribution is -2.48. The SMILES string of the molecule is COc1ccc(-c2nccs2)nc1Nc1ccc(N2CCN(C(C)C)CC2)cn1. The Hall–Kier alpha value is -2.71. The lowest BCUT2D eigenvalue weighted by molar-refractivity contribution is 0.209. The molecule has 0 amide bonds. The van der Waals surface area contributed by atoms with Crippen molar-refractivity contribution in [3.8, 4) is 16.5 Å². The van der Waals surface area contributed by atoms with Gasteiger partial charge >= 0.3 is 0 Å². The van der Waals surface area contributed by atoms with Gasteiger partial charge in [0.2, 0.25) is 0 Å². The first-order valence-corrected chi connectivity index (χ1v) is 10.7. The molecule has 1 aliphatic heterocycles. The van der Waals surface area contributed by atoms with Gasteiger partial charge in [-0.05, 0) is 38.1 Å². The van der Waals surface area contributed by atoms with E-state index in [0.717, 1.165) is 48.4 Å². The van der Waals surface area contributed by atoms with Crippen molar-refractivity contribution >= 4 is 28.7 Å². The van der Waals surface area contributed by atoms with Crippen LogP contribution < -0.4 is 15.0 Å². The van der Waals surface area contributed by atoms with Crippen LogP contribution in [-0.4, -0.2) is 59.2 Å². The van der Waals surface area contributed by atoms with E-state index in [1.165, 1.54) is 0 Å². The molecule has 7 nitrogen and oxygen atoms in total. The van der Waals surface area contributed by atoms with Crippen LogP contribution >= 0.6 is 11.3 Å². The number of nitrogens with one attached hydrogen (secondary N) is 1. The molecular weight excluding hydrogens is 384 g/mol. The molecule has 1 saturated heterocycles. The van der Waals surface area contributed by atoms with E-state index >= 15 is 0 Å². The van der Waals surface area contributed by atoms with Gasteiger partial charge in [0.25, 0.3) is 0 Å². The summed E-state index contributed by atoms with van der Waals surface area (Å²) in [5.41, 5.74) is 1.96. The average Bonchev–Trinajstić information content (AvgIpc) is 3.29. The number of pyridine rings is 2. The Labute approximate surface area is 175 Å². The number of anilines is 3. The first-order valence-electron chi connectivity index (χ1n) is 9.81. The number of nitrogens with zero attached hydrogens (tertiary/aromatic N) is 5. The summed E-state index contributed by atoms with van der Waals surface area (Å²) in [5, 5.41) is 6.10. The molecule has 3 aromatic heterocycles. The van der Waals surface area contributed by atoms with Crippen LogP contribution in [0.25, 0.3) is 10.7 Å². The van der Waals surface area contributed by atoms with Gasteiger partial charge in [0.1, 0.15) is 16.5 Å². The number of ether oxygens (including phenoxy) is 1. The second-order valence-electron chi connectivity index (χ2n) is 7.23. The topological polar surface area (TPSA) is 66.4 Å². The van der Waals surface area contributed by atoms with Gasteiger partial charge in [0, 0.05) is 43.8 Å². The van der Waals surface area contributed by atoms with Gasteiger partial charge in [-0.15, -0.1) is 11.3 Å². The maximum Gasteiger partial charge on any atom is 0.175 e. The molecule has 0 atom stereocenters. The molecule has 1 fully saturated rings. The molecule has 29 heavy (non-hydrogen) atoms. The van der Waals surface area contributed by atoms with Crippen LogP contribution in [0.4, 0.5) is 17.3 Å². The van der Waals surface area contributed by atoms with Crippen LogP contribution in [0.3, 0.4) is 0 Å². The van der Waals surface area contributed by atoms with E-state index in [0.29, 0.717) is 17.6 Å². The molecule has 1 N–H and O–H groups in total. The number of hydrogen-bond donors (Lipinski definition) is 1. The van der Waals surface area contributed by atoms with Crippen LogP contribution in [0.5, 0.6) is 5.75 Å². The standard InChI is InChI=1S/C21H26N6OS/c1-15(2)26-9-11-27(12-10-26)16-4-7-19(23-14-16)25-20-18(28-3)6-5-17(24-20)21-22-8-13-29-21/h4-8,13-15H,9-12H2,1-3H3,(H,23,24,25). The number of thiazole rings is 1. The summed E-state index contributed by atoms with van der Waals surface area (Å²) in [6.45, 7) is 8.73. The molecule has 0 bridgehead atoms. The Bertz CT molecular complexity index is 921. The lowest BCUT2D eigenvalue weighted by atomic mass is 10.2. The van der Waals surface area contributed by atoms with Gasteiger partial charge in [0.05, 0.1) is 19.0 Å². The molecule has 8 heteroatoms. The summed E-state index contributed by atoms with van der Waals surface area (Å²) in [5.74, 6) is 2.03. The fraction of sp³-hybridized carbons (Fsp3) is 0.381. The highest BCUT2D eigenvalue weighted by Gasteiger charge is 2.19. The third kappa shape index (κ3) is 4.49. The molecule has 0 aromatic carbocycles. The molecule has 1 aliphatic rings. The van der Waals surface area contributed by atoms with E-state index in [4.69, 9.17) is 4.74 Å². The summed E-state index contributed by atoms with van der Waals surface area (Å²) in [7, 11) is 1.64. The average molecular weight is 411 g/mol. The first kappa shape index (κ1) is 19.6. The second kappa shape index (κ2) is 8.75. The largest absolute Gasteiger partial charge is 0.493 e. The normalized spacial score (nSPS) is 15.0. The Morgan fingerprint density at radius 1 is 1.07 bits per heavy atom. The summed E-state index contributed by atoms with van der Waals surface area (Å²) >= 11 is 1.56. The summed E-state index contributed by atoms with van der Waals surface area (Å²) in [4.78, 5) is 18.5. The highest BCUT2D eigenvalue weighted by atomic mass is 32.1. The second-order valence-corrected chi connectivity index (χ2v) is 8.12. The van der Waals surface area contributed by atoms with Gasteiger partial charge in [-0.25, -0.2) is 15.0 Å². The predicted octanol–water partition coefficient (Wildman–Crippen LogP) is 3.88. The van der Waals surface area contributed by atoms with Crippen molar-refractivity contribution in [2.75, 3.05) is 43.5 Å². The van der Waals surface area contributed by atoms with E-state index in [1.807, 2.05) is 29.8 Å². The van der Waals surface area contributed by atoms with Crippen molar-refractivity contribution in [1.29, 1.82) is 0 Å². The molecular formula is C21H26N6OS. The fourth-order valence-electron chi connectivity index (χ4n) is 3.43. The number of methoxy groups -OCH3 is 1.